The largest absolute Gasteiger partial charge is 0.468 e. The molecule has 0 radical (unpaired) electrons. The number of rotatable bonds is 10. The van der Waals surface area contributed by atoms with Crippen molar-refractivity contribution < 1.29 is 33.4 Å². The Bertz CT molecular complexity index is 888. The third-order valence-electron chi connectivity index (χ3n) is 4.95. The van der Waals surface area contributed by atoms with Crippen LogP contribution < -0.4 is 5.73 Å². The van der Waals surface area contributed by atoms with Crippen LogP contribution in [0.5, 0.6) is 0 Å². The number of methoxy groups -OCH3 is 1. The quantitative estimate of drug-likeness (QED) is 0.411. The van der Waals surface area contributed by atoms with Crippen molar-refractivity contribution in [1.82, 2.24) is 9.80 Å². The van der Waals surface area contributed by atoms with Gasteiger partial charge in [-0.15, -0.1) is 0 Å². The van der Waals surface area contributed by atoms with E-state index in [2.05, 4.69) is 4.74 Å². The highest BCUT2D eigenvalue weighted by atomic mass is 16.6. The molecule has 3 amide bonds. The first kappa shape index (κ1) is 26.0. The van der Waals surface area contributed by atoms with Crippen molar-refractivity contribution in [3.05, 3.63) is 35.4 Å². The Labute approximate surface area is 193 Å². The lowest BCUT2D eigenvalue weighted by atomic mass is 10.1. The first-order valence-corrected chi connectivity index (χ1v) is 10.7. The molecule has 10 nitrogen and oxygen atoms in total. The third-order valence-corrected chi connectivity index (χ3v) is 4.95. The fourth-order valence-electron chi connectivity index (χ4n) is 3.32. The molecular formula is C23H31N3O7. The normalized spacial score (nSPS) is 14.0. The molecule has 1 atom stereocenters. The topological polar surface area (TPSA) is 136 Å². The zero-order valence-corrected chi connectivity index (χ0v) is 19.5. The highest BCUT2D eigenvalue weighted by Gasteiger charge is 2.35. The summed E-state index contributed by atoms with van der Waals surface area (Å²) in [6.07, 6.45) is -0.218. The van der Waals surface area contributed by atoms with E-state index in [9.17, 15) is 24.0 Å². The smallest absolute Gasteiger partial charge is 0.410 e. The lowest BCUT2D eigenvalue weighted by molar-refractivity contribution is -0.142. The lowest BCUT2D eigenvalue weighted by Crippen LogP contribution is -2.47. The van der Waals surface area contributed by atoms with Crippen molar-refractivity contribution in [2.75, 3.05) is 26.7 Å². The summed E-state index contributed by atoms with van der Waals surface area (Å²) in [6.45, 7) is 5.15. The first-order chi connectivity index (χ1) is 15.4. The van der Waals surface area contributed by atoms with Gasteiger partial charge < -0.3 is 20.1 Å². The van der Waals surface area contributed by atoms with Gasteiger partial charge >= 0.3 is 12.1 Å². The molecule has 180 valence electrons. The van der Waals surface area contributed by atoms with Gasteiger partial charge in [-0.2, -0.15) is 0 Å². The van der Waals surface area contributed by atoms with Gasteiger partial charge in [0, 0.05) is 32.5 Å². The van der Waals surface area contributed by atoms with Crippen LogP contribution in [0.15, 0.2) is 24.3 Å². The minimum absolute atomic E-state index is 0.00578. The summed E-state index contributed by atoms with van der Waals surface area (Å²) in [5, 5.41) is 0. The van der Waals surface area contributed by atoms with Gasteiger partial charge in [-0.25, -0.2) is 4.79 Å². The van der Waals surface area contributed by atoms with Crippen LogP contribution in [0.4, 0.5) is 4.79 Å². The summed E-state index contributed by atoms with van der Waals surface area (Å²) in [7, 11) is 1.20. The van der Waals surface area contributed by atoms with Gasteiger partial charge in [-0.05, 0) is 39.3 Å². The molecule has 2 N–H and O–H groups in total. The predicted octanol–water partition coefficient (Wildman–Crippen LogP) is 1.76. The number of hydrogen-bond donors (Lipinski definition) is 1. The molecule has 0 saturated carbocycles. The Morgan fingerprint density at radius 2 is 1.64 bits per heavy atom. The fourth-order valence-corrected chi connectivity index (χ4v) is 3.32. The zero-order valence-electron chi connectivity index (χ0n) is 19.5. The number of esters is 1. The van der Waals surface area contributed by atoms with Crippen molar-refractivity contribution in [2.24, 2.45) is 5.73 Å². The number of ether oxygens (including phenoxy) is 2. The second kappa shape index (κ2) is 11.0. The van der Waals surface area contributed by atoms with Crippen molar-refractivity contribution in [3.63, 3.8) is 0 Å². The maximum Gasteiger partial charge on any atom is 0.410 e. The zero-order chi connectivity index (χ0) is 24.8. The average molecular weight is 462 g/mol. The van der Waals surface area contributed by atoms with E-state index in [1.165, 1.54) is 12.0 Å². The summed E-state index contributed by atoms with van der Waals surface area (Å²) >= 11 is 0. The van der Waals surface area contributed by atoms with Crippen LogP contribution >= 0.6 is 0 Å². The highest BCUT2D eigenvalue weighted by Crippen LogP contribution is 2.22. The van der Waals surface area contributed by atoms with Crippen LogP contribution in [0.25, 0.3) is 0 Å². The summed E-state index contributed by atoms with van der Waals surface area (Å²) in [5.41, 5.74) is 5.71. The van der Waals surface area contributed by atoms with Gasteiger partial charge in [0.1, 0.15) is 17.4 Å². The molecule has 1 heterocycles. The number of imide groups is 1. The number of hydrogen-bond acceptors (Lipinski definition) is 8. The van der Waals surface area contributed by atoms with Gasteiger partial charge in [-0.3, -0.25) is 24.1 Å². The van der Waals surface area contributed by atoms with Crippen LogP contribution in [0.3, 0.4) is 0 Å². The van der Waals surface area contributed by atoms with Crippen LogP contribution in [-0.2, 0) is 19.1 Å². The first-order valence-electron chi connectivity index (χ1n) is 10.7. The number of nitrogens with two attached hydrogens (primary N) is 1. The van der Waals surface area contributed by atoms with Gasteiger partial charge in [0.25, 0.3) is 11.8 Å². The van der Waals surface area contributed by atoms with E-state index in [0.717, 1.165) is 4.90 Å². The van der Waals surface area contributed by atoms with Gasteiger partial charge in [0.05, 0.1) is 18.2 Å². The number of amides is 3. The maximum absolute atomic E-state index is 12.5. The second-order valence-electron chi connectivity index (χ2n) is 8.76. The number of benzene rings is 1. The molecule has 0 aromatic heterocycles. The Morgan fingerprint density at radius 1 is 1.06 bits per heavy atom. The standard InChI is InChI=1S/C23H31N3O7/c1-23(2,3)33-22(31)25(14-18(24)21(30)32-4)12-7-8-15(27)11-13-26-19(28)16-9-5-6-10-17(16)20(26)29/h5-6,9-10,18H,7-8,11-14,24H2,1-4H3. The minimum atomic E-state index is -1.05. The number of nitrogens with zero attached hydrogens (tertiary/aromatic N) is 2. The third kappa shape index (κ3) is 7.11. The van der Waals surface area contributed by atoms with Crippen LogP contribution in [0, 0.1) is 0 Å². The minimum Gasteiger partial charge on any atom is -0.468 e. The summed E-state index contributed by atoms with van der Waals surface area (Å²) in [6, 6.07) is 5.48. The van der Waals surface area contributed by atoms with Crippen molar-refractivity contribution in [1.29, 1.82) is 0 Å². The molecule has 0 fully saturated rings. The van der Waals surface area contributed by atoms with E-state index in [0.29, 0.717) is 17.5 Å². The summed E-state index contributed by atoms with van der Waals surface area (Å²) in [4.78, 5) is 63.6. The predicted molar refractivity (Wildman–Crippen MR) is 118 cm³/mol. The molecule has 0 saturated heterocycles. The molecule has 0 aliphatic carbocycles. The number of ketones is 1. The van der Waals surface area contributed by atoms with Gasteiger partial charge in [0.2, 0.25) is 0 Å². The summed E-state index contributed by atoms with van der Waals surface area (Å²) < 4.78 is 9.95. The molecule has 33 heavy (non-hydrogen) atoms. The molecule has 10 heteroatoms. The van der Waals surface area contributed by atoms with Crippen molar-refractivity contribution in [2.45, 2.75) is 51.7 Å². The van der Waals surface area contributed by atoms with Crippen LogP contribution in [0.2, 0.25) is 0 Å². The number of fused-ring (bicyclic) bond motifs is 1. The molecule has 1 aliphatic heterocycles. The average Bonchev–Trinajstić information content (AvgIpc) is 2.99. The molecular weight excluding hydrogens is 430 g/mol. The fraction of sp³-hybridized carbons (Fsp3) is 0.522. The molecule has 1 aromatic carbocycles. The Morgan fingerprint density at radius 3 is 2.15 bits per heavy atom. The Balaban J connectivity index is 1.87. The van der Waals surface area contributed by atoms with E-state index in [-0.39, 0.29) is 38.3 Å². The Kier molecular flexibility index (Phi) is 8.69. The molecule has 1 aromatic rings. The number of carbonyl (C=O) groups is 5. The SMILES string of the molecule is COC(=O)C(N)CN(CCCC(=O)CCN1C(=O)c2ccccc2C1=O)C(=O)OC(C)(C)C. The lowest BCUT2D eigenvalue weighted by Gasteiger charge is -2.28. The number of carbonyl (C=O) groups excluding carboxylic acids is 5. The Hall–Kier alpha value is -3.27. The van der Waals surface area contributed by atoms with E-state index in [1.807, 2.05) is 0 Å². The van der Waals surface area contributed by atoms with Crippen molar-refractivity contribution >= 4 is 29.7 Å². The molecule has 2 rings (SSSR count). The maximum atomic E-state index is 12.5. The highest BCUT2D eigenvalue weighted by molar-refractivity contribution is 6.21. The van der Waals surface area contributed by atoms with Crippen LogP contribution in [0.1, 0.15) is 60.7 Å². The van der Waals surface area contributed by atoms with Crippen molar-refractivity contribution in [3.8, 4) is 0 Å². The van der Waals surface area contributed by atoms with Gasteiger partial charge in [0.15, 0.2) is 0 Å². The monoisotopic (exact) mass is 461 g/mol. The summed E-state index contributed by atoms with van der Waals surface area (Å²) in [5.74, 6) is -1.64. The number of Topliss-reactive ketones (excluding diaryl/α,β-unsaturated/α-hetero) is 1. The molecule has 0 spiro atoms. The van der Waals surface area contributed by atoms with E-state index in [1.54, 1.807) is 45.0 Å². The van der Waals surface area contributed by atoms with E-state index < -0.39 is 35.5 Å². The molecule has 1 unspecified atom stereocenters. The van der Waals surface area contributed by atoms with E-state index >= 15 is 0 Å². The van der Waals surface area contributed by atoms with Crippen LogP contribution in [-0.4, -0.2) is 77.8 Å². The second-order valence-corrected chi connectivity index (χ2v) is 8.76. The van der Waals surface area contributed by atoms with E-state index in [4.69, 9.17) is 10.5 Å². The molecule has 1 aliphatic rings. The molecule has 0 bridgehead atoms. The van der Waals surface area contributed by atoms with Gasteiger partial charge in [-0.1, -0.05) is 12.1 Å².